The van der Waals surface area contributed by atoms with E-state index in [2.05, 4.69) is 21.0 Å². The molecular formula is C11H19N3O2S. The number of aromatic nitrogens is 2. The molecular weight excluding hydrogens is 238 g/mol. The second kappa shape index (κ2) is 6.76. The van der Waals surface area contributed by atoms with Crippen LogP contribution in [0.1, 0.15) is 32.6 Å². The predicted octanol–water partition coefficient (Wildman–Crippen LogP) is 1.85. The van der Waals surface area contributed by atoms with E-state index < -0.39 is 0 Å². The Morgan fingerprint density at radius 2 is 2.29 bits per heavy atom. The average Bonchev–Trinajstić information content (AvgIpc) is 2.79. The molecule has 1 aromatic rings. The Hall–Kier alpha value is -0.880. The summed E-state index contributed by atoms with van der Waals surface area (Å²) in [6.07, 6.45) is 4.55. The van der Waals surface area contributed by atoms with Gasteiger partial charge in [0.05, 0.1) is 18.3 Å². The molecule has 1 aliphatic rings. The summed E-state index contributed by atoms with van der Waals surface area (Å²) in [5.74, 6) is 1.11. The fourth-order valence-corrected chi connectivity index (χ4v) is 2.17. The number of piperidine rings is 1. The van der Waals surface area contributed by atoms with Crippen LogP contribution in [-0.2, 0) is 0 Å². The molecule has 0 aromatic carbocycles. The lowest BCUT2D eigenvalue weighted by Gasteiger charge is -2.22. The maximum atomic E-state index is 5.81. The molecule has 1 unspecified atom stereocenters. The van der Waals surface area contributed by atoms with Gasteiger partial charge in [0.25, 0.3) is 11.8 Å². The summed E-state index contributed by atoms with van der Waals surface area (Å²) in [6, 6.07) is 0. The van der Waals surface area contributed by atoms with Gasteiger partial charge in [0.15, 0.2) is 0 Å². The van der Waals surface area contributed by atoms with Crippen LogP contribution in [0.4, 0.5) is 0 Å². The Bertz CT molecular complexity index is 326. The van der Waals surface area contributed by atoms with E-state index in [0.29, 0.717) is 18.4 Å². The molecule has 1 atom stereocenters. The van der Waals surface area contributed by atoms with Crippen LogP contribution < -0.4 is 14.8 Å². The summed E-state index contributed by atoms with van der Waals surface area (Å²) >= 11 is 1.14. The largest absolute Gasteiger partial charge is 0.473 e. The smallest absolute Gasteiger partial charge is 0.291 e. The van der Waals surface area contributed by atoms with E-state index in [4.69, 9.17) is 9.47 Å². The monoisotopic (exact) mass is 257 g/mol. The number of hydrogen-bond acceptors (Lipinski definition) is 6. The fourth-order valence-electron chi connectivity index (χ4n) is 1.72. The lowest BCUT2D eigenvalue weighted by molar-refractivity contribution is 0.152. The lowest BCUT2D eigenvalue weighted by atomic mass is 10.1. The van der Waals surface area contributed by atoms with Crippen molar-refractivity contribution < 1.29 is 9.47 Å². The third-order valence-corrected chi connectivity index (χ3v) is 3.19. The van der Waals surface area contributed by atoms with Gasteiger partial charge >= 0.3 is 0 Å². The maximum Gasteiger partial charge on any atom is 0.291 e. The summed E-state index contributed by atoms with van der Waals surface area (Å²) in [7, 11) is 0. The van der Waals surface area contributed by atoms with Crippen molar-refractivity contribution in [3.05, 3.63) is 0 Å². The van der Waals surface area contributed by atoms with Crippen LogP contribution in [0.5, 0.6) is 11.8 Å². The van der Waals surface area contributed by atoms with Gasteiger partial charge in [-0.2, -0.15) is 0 Å². The molecule has 1 N–H and O–H groups in total. The number of unbranched alkanes of at least 4 members (excludes halogenated alkanes) is 1. The quantitative estimate of drug-likeness (QED) is 0.788. The van der Waals surface area contributed by atoms with Crippen molar-refractivity contribution in [2.75, 3.05) is 19.7 Å². The van der Waals surface area contributed by atoms with Gasteiger partial charge in [-0.1, -0.05) is 13.3 Å². The van der Waals surface area contributed by atoms with Gasteiger partial charge in [-0.15, -0.1) is 8.75 Å². The highest BCUT2D eigenvalue weighted by Crippen LogP contribution is 2.26. The van der Waals surface area contributed by atoms with Crippen LogP contribution in [0.15, 0.2) is 0 Å². The molecule has 17 heavy (non-hydrogen) atoms. The first kappa shape index (κ1) is 12.6. The van der Waals surface area contributed by atoms with Crippen molar-refractivity contribution in [2.45, 2.75) is 38.7 Å². The molecule has 0 amide bonds. The number of rotatable bonds is 6. The first-order chi connectivity index (χ1) is 8.40. The third kappa shape index (κ3) is 3.81. The van der Waals surface area contributed by atoms with Crippen molar-refractivity contribution in [3.63, 3.8) is 0 Å². The van der Waals surface area contributed by atoms with Gasteiger partial charge < -0.3 is 14.8 Å². The van der Waals surface area contributed by atoms with E-state index in [0.717, 1.165) is 50.5 Å². The van der Waals surface area contributed by atoms with Crippen LogP contribution in [0, 0.1) is 0 Å². The summed E-state index contributed by atoms with van der Waals surface area (Å²) in [6.45, 7) is 4.77. The molecule has 0 bridgehead atoms. The molecule has 1 aromatic heterocycles. The molecule has 6 heteroatoms. The second-order valence-corrected chi connectivity index (χ2v) is 4.69. The molecule has 1 fully saturated rings. The summed E-state index contributed by atoms with van der Waals surface area (Å²) in [5, 5.41) is 3.31. The standard InChI is InChI=1S/C11H19N3O2S/c1-2-3-7-15-10-11(14-17-13-10)16-9-5-4-6-12-8-9/h9,12H,2-8H2,1H3. The second-order valence-electron chi connectivity index (χ2n) is 4.16. The molecule has 96 valence electrons. The van der Waals surface area contributed by atoms with Crippen molar-refractivity contribution in [1.82, 2.24) is 14.1 Å². The van der Waals surface area contributed by atoms with Gasteiger partial charge in [-0.25, -0.2) is 0 Å². The fraction of sp³-hybridized carbons (Fsp3) is 0.818. The third-order valence-electron chi connectivity index (χ3n) is 2.70. The van der Waals surface area contributed by atoms with Gasteiger partial charge in [0, 0.05) is 6.54 Å². The first-order valence-electron chi connectivity index (χ1n) is 6.23. The van der Waals surface area contributed by atoms with E-state index in [-0.39, 0.29) is 6.10 Å². The molecule has 5 nitrogen and oxygen atoms in total. The Kier molecular flexibility index (Phi) is 5.00. The predicted molar refractivity (Wildman–Crippen MR) is 66.8 cm³/mol. The van der Waals surface area contributed by atoms with Crippen LogP contribution >= 0.6 is 11.7 Å². The zero-order valence-electron chi connectivity index (χ0n) is 10.1. The van der Waals surface area contributed by atoms with Gasteiger partial charge in [-0.3, -0.25) is 0 Å². The van der Waals surface area contributed by atoms with Crippen LogP contribution in [0.3, 0.4) is 0 Å². The summed E-state index contributed by atoms with van der Waals surface area (Å²) in [5.41, 5.74) is 0. The zero-order chi connectivity index (χ0) is 11.9. The van der Waals surface area contributed by atoms with Crippen molar-refractivity contribution in [2.24, 2.45) is 0 Å². The lowest BCUT2D eigenvalue weighted by Crippen LogP contribution is -2.37. The summed E-state index contributed by atoms with van der Waals surface area (Å²) in [4.78, 5) is 0. The molecule has 0 radical (unpaired) electrons. The first-order valence-corrected chi connectivity index (χ1v) is 6.96. The van der Waals surface area contributed by atoms with E-state index in [1.54, 1.807) is 0 Å². The van der Waals surface area contributed by atoms with E-state index >= 15 is 0 Å². The van der Waals surface area contributed by atoms with Crippen LogP contribution in [-0.4, -0.2) is 34.5 Å². The number of nitrogens with one attached hydrogen (secondary N) is 1. The Balaban J connectivity index is 1.84. The minimum Gasteiger partial charge on any atom is -0.473 e. The van der Waals surface area contributed by atoms with Gasteiger partial charge in [0.2, 0.25) is 0 Å². The van der Waals surface area contributed by atoms with Crippen LogP contribution in [0.2, 0.25) is 0 Å². The molecule has 2 rings (SSSR count). The van der Waals surface area contributed by atoms with E-state index in [1.165, 1.54) is 0 Å². The normalized spacial score (nSPS) is 20.2. The maximum absolute atomic E-state index is 5.81. The highest BCUT2D eigenvalue weighted by atomic mass is 32.1. The van der Waals surface area contributed by atoms with Gasteiger partial charge in [-0.05, 0) is 25.8 Å². The van der Waals surface area contributed by atoms with Crippen molar-refractivity contribution >= 4 is 11.7 Å². The molecule has 0 aliphatic carbocycles. The molecule has 0 spiro atoms. The molecule has 1 saturated heterocycles. The molecule has 0 saturated carbocycles. The number of nitrogens with zero attached hydrogens (tertiary/aromatic N) is 2. The van der Waals surface area contributed by atoms with Crippen molar-refractivity contribution in [3.8, 4) is 11.8 Å². The van der Waals surface area contributed by atoms with Crippen LogP contribution in [0.25, 0.3) is 0 Å². The minimum atomic E-state index is 0.196. The number of ether oxygens (including phenoxy) is 2. The minimum absolute atomic E-state index is 0.196. The van der Waals surface area contributed by atoms with E-state index in [9.17, 15) is 0 Å². The van der Waals surface area contributed by atoms with Crippen molar-refractivity contribution in [1.29, 1.82) is 0 Å². The summed E-state index contributed by atoms with van der Waals surface area (Å²) < 4.78 is 19.6. The zero-order valence-corrected chi connectivity index (χ0v) is 11.0. The molecule has 2 heterocycles. The van der Waals surface area contributed by atoms with Gasteiger partial charge in [0.1, 0.15) is 6.10 Å². The highest BCUT2D eigenvalue weighted by molar-refractivity contribution is 6.99. The SMILES string of the molecule is CCCCOc1nsnc1OC1CCCNC1. The number of hydrogen-bond donors (Lipinski definition) is 1. The topological polar surface area (TPSA) is 56.3 Å². The average molecular weight is 257 g/mol. The Morgan fingerprint density at radius 3 is 3.06 bits per heavy atom. The molecule has 1 aliphatic heterocycles. The Labute approximate surface area is 106 Å². The highest BCUT2D eigenvalue weighted by Gasteiger charge is 2.19. The Morgan fingerprint density at radius 1 is 1.41 bits per heavy atom. The van der Waals surface area contributed by atoms with E-state index in [1.807, 2.05) is 0 Å².